The molecular weight excluding hydrogens is 217 g/mol. The minimum atomic E-state index is -1.25. The summed E-state index contributed by atoms with van der Waals surface area (Å²) in [6.45, 7) is 1.56. The number of benzene rings is 1. The van der Waals surface area contributed by atoms with Gasteiger partial charge in [-0.1, -0.05) is 0 Å². The van der Waals surface area contributed by atoms with Crippen LogP contribution in [-0.2, 0) is 4.79 Å². The molecule has 0 heterocycles. The summed E-state index contributed by atoms with van der Waals surface area (Å²) in [5.74, 6) is -2.28. The van der Waals surface area contributed by atoms with Crippen molar-refractivity contribution in [3.05, 3.63) is 45.3 Å². The van der Waals surface area contributed by atoms with E-state index in [0.717, 1.165) is 18.2 Å². The van der Waals surface area contributed by atoms with Crippen LogP contribution in [0.25, 0.3) is 6.08 Å². The number of nitrogens with zero attached hydrogens (tertiary/aromatic N) is 1. The molecule has 0 unspecified atom stereocenters. The van der Waals surface area contributed by atoms with Gasteiger partial charge < -0.3 is 5.11 Å². The zero-order valence-corrected chi connectivity index (χ0v) is 8.31. The van der Waals surface area contributed by atoms with Crippen LogP contribution in [0.4, 0.5) is 10.1 Å². The predicted octanol–water partition coefficient (Wildman–Crippen LogP) is 2.14. The van der Waals surface area contributed by atoms with E-state index in [-0.39, 0.29) is 5.56 Å². The van der Waals surface area contributed by atoms with Gasteiger partial charge in [-0.2, -0.15) is 4.39 Å². The van der Waals surface area contributed by atoms with Crippen LogP contribution in [0.15, 0.2) is 18.2 Å². The van der Waals surface area contributed by atoms with E-state index in [9.17, 15) is 19.3 Å². The summed E-state index contributed by atoms with van der Waals surface area (Å²) < 4.78 is 13.5. The molecule has 0 aliphatic rings. The molecule has 0 atom stereocenters. The highest BCUT2D eigenvalue weighted by molar-refractivity contribution is 5.85. The van der Waals surface area contributed by atoms with E-state index in [1.807, 2.05) is 0 Å². The molecule has 0 amide bonds. The second-order valence-corrected chi connectivity index (χ2v) is 3.12. The molecule has 16 heavy (non-hydrogen) atoms. The van der Waals surface area contributed by atoms with Crippen molar-refractivity contribution in [1.29, 1.82) is 0 Å². The molecule has 0 saturated carbocycles. The molecule has 1 aromatic rings. The smallest absolute Gasteiger partial charge is 0.328 e. The molecule has 1 aromatic carbocycles. The Morgan fingerprint density at radius 2 is 2.19 bits per heavy atom. The van der Waals surface area contributed by atoms with Crippen molar-refractivity contribution in [2.45, 2.75) is 6.92 Å². The van der Waals surface area contributed by atoms with Crippen LogP contribution in [0.2, 0.25) is 0 Å². The van der Waals surface area contributed by atoms with Crippen LogP contribution in [0.1, 0.15) is 11.1 Å². The van der Waals surface area contributed by atoms with E-state index < -0.39 is 22.4 Å². The van der Waals surface area contributed by atoms with Crippen LogP contribution < -0.4 is 0 Å². The third-order valence-electron chi connectivity index (χ3n) is 1.83. The largest absolute Gasteiger partial charge is 0.478 e. The summed E-state index contributed by atoms with van der Waals surface area (Å²) in [4.78, 5) is 19.9. The van der Waals surface area contributed by atoms with Gasteiger partial charge >= 0.3 is 11.7 Å². The minimum absolute atomic E-state index is 0.117. The number of nitro groups is 1. The molecule has 0 aromatic heterocycles. The lowest BCUT2D eigenvalue weighted by Gasteiger charge is -2.00. The standard InChI is InChI=1S/C10H8FNO4/c1-6-4-7(2-3-9(13)14)10(11)8(5-6)12(15)16/h2-5H,1H3,(H,13,14)/b3-2+. The zero-order chi connectivity index (χ0) is 12.3. The summed E-state index contributed by atoms with van der Waals surface area (Å²) in [5.41, 5.74) is -0.294. The number of aliphatic carboxylic acids is 1. The van der Waals surface area contributed by atoms with E-state index in [4.69, 9.17) is 5.11 Å². The second kappa shape index (κ2) is 4.52. The fraction of sp³-hybridized carbons (Fsp3) is 0.100. The first kappa shape index (κ1) is 11.8. The van der Waals surface area contributed by atoms with E-state index in [1.165, 1.54) is 6.07 Å². The number of carboxylic acid groups (broad SMARTS) is 1. The quantitative estimate of drug-likeness (QED) is 0.485. The Kier molecular flexibility index (Phi) is 3.34. The molecule has 84 valence electrons. The van der Waals surface area contributed by atoms with E-state index in [0.29, 0.717) is 5.56 Å². The average molecular weight is 225 g/mol. The van der Waals surface area contributed by atoms with Gasteiger partial charge in [0.2, 0.25) is 5.82 Å². The lowest BCUT2D eigenvalue weighted by atomic mass is 10.1. The summed E-state index contributed by atoms with van der Waals surface area (Å²) in [7, 11) is 0. The number of carbonyl (C=O) groups is 1. The summed E-state index contributed by atoms with van der Waals surface area (Å²) in [6, 6.07) is 2.43. The highest BCUT2D eigenvalue weighted by Crippen LogP contribution is 2.23. The Balaban J connectivity index is 3.29. The fourth-order valence-electron chi connectivity index (χ4n) is 1.19. The number of hydrogen-bond donors (Lipinski definition) is 1. The molecule has 0 aliphatic carbocycles. The molecule has 6 heteroatoms. The van der Waals surface area contributed by atoms with Crippen LogP contribution in [0.5, 0.6) is 0 Å². The van der Waals surface area contributed by atoms with Crippen LogP contribution in [-0.4, -0.2) is 16.0 Å². The van der Waals surface area contributed by atoms with Gasteiger partial charge in [0.05, 0.1) is 4.92 Å². The van der Waals surface area contributed by atoms with Crippen molar-refractivity contribution < 1.29 is 19.2 Å². The average Bonchev–Trinajstić information content (AvgIpc) is 2.18. The molecule has 1 N–H and O–H groups in total. The van der Waals surface area contributed by atoms with Gasteiger partial charge in [0.15, 0.2) is 0 Å². The highest BCUT2D eigenvalue weighted by atomic mass is 19.1. The maximum Gasteiger partial charge on any atom is 0.328 e. The van der Waals surface area contributed by atoms with Gasteiger partial charge in [-0.3, -0.25) is 10.1 Å². The lowest BCUT2D eigenvalue weighted by molar-refractivity contribution is -0.387. The van der Waals surface area contributed by atoms with Crippen molar-refractivity contribution in [2.75, 3.05) is 0 Å². The molecule has 0 aliphatic heterocycles. The van der Waals surface area contributed by atoms with Gasteiger partial charge in [0, 0.05) is 17.7 Å². The number of hydrogen-bond acceptors (Lipinski definition) is 3. The molecule has 1 rings (SSSR count). The molecular formula is C10H8FNO4. The lowest BCUT2D eigenvalue weighted by Crippen LogP contribution is -1.96. The minimum Gasteiger partial charge on any atom is -0.478 e. The van der Waals surface area contributed by atoms with E-state index in [1.54, 1.807) is 6.92 Å². The van der Waals surface area contributed by atoms with Gasteiger partial charge in [-0.25, -0.2) is 4.79 Å². The summed E-state index contributed by atoms with van der Waals surface area (Å²) in [6.07, 6.45) is 1.71. The Hall–Kier alpha value is -2.24. The highest BCUT2D eigenvalue weighted by Gasteiger charge is 2.17. The summed E-state index contributed by atoms with van der Waals surface area (Å²) >= 11 is 0. The number of carboxylic acids is 1. The molecule has 0 radical (unpaired) electrons. The van der Waals surface area contributed by atoms with Gasteiger partial charge in [0.1, 0.15) is 0 Å². The summed E-state index contributed by atoms with van der Waals surface area (Å²) in [5, 5.41) is 18.9. The predicted molar refractivity (Wildman–Crippen MR) is 54.5 cm³/mol. The van der Waals surface area contributed by atoms with Gasteiger partial charge in [-0.05, 0) is 24.6 Å². The number of rotatable bonds is 3. The molecule has 5 nitrogen and oxygen atoms in total. The van der Waals surface area contributed by atoms with Crippen LogP contribution in [0, 0.1) is 22.9 Å². The van der Waals surface area contributed by atoms with Crippen molar-refractivity contribution in [2.24, 2.45) is 0 Å². The topological polar surface area (TPSA) is 80.4 Å². The molecule has 0 fully saturated rings. The first-order valence-corrected chi connectivity index (χ1v) is 4.27. The Bertz CT molecular complexity index is 482. The molecule has 0 saturated heterocycles. The second-order valence-electron chi connectivity index (χ2n) is 3.12. The van der Waals surface area contributed by atoms with Crippen LogP contribution >= 0.6 is 0 Å². The third kappa shape index (κ3) is 2.63. The fourth-order valence-corrected chi connectivity index (χ4v) is 1.19. The maximum absolute atomic E-state index is 13.5. The van der Waals surface area contributed by atoms with E-state index >= 15 is 0 Å². The molecule has 0 spiro atoms. The Labute approximate surface area is 90.0 Å². The number of nitro benzene ring substituents is 1. The van der Waals surface area contributed by atoms with Gasteiger partial charge in [-0.15, -0.1) is 0 Å². The van der Waals surface area contributed by atoms with Crippen molar-refractivity contribution in [3.63, 3.8) is 0 Å². The van der Waals surface area contributed by atoms with Crippen molar-refractivity contribution in [1.82, 2.24) is 0 Å². The number of aryl methyl sites for hydroxylation is 1. The Morgan fingerprint density at radius 3 is 2.69 bits per heavy atom. The SMILES string of the molecule is Cc1cc(/C=C/C(=O)O)c(F)c([N+](=O)[O-])c1. The normalized spacial score (nSPS) is 10.6. The zero-order valence-electron chi connectivity index (χ0n) is 8.31. The van der Waals surface area contributed by atoms with E-state index in [2.05, 4.69) is 0 Å². The Morgan fingerprint density at radius 1 is 1.56 bits per heavy atom. The van der Waals surface area contributed by atoms with Crippen LogP contribution in [0.3, 0.4) is 0 Å². The first-order chi connectivity index (χ1) is 7.41. The number of halogens is 1. The first-order valence-electron chi connectivity index (χ1n) is 4.27. The monoisotopic (exact) mass is 225 g/mol. The van der Waals surface area contributed by atoms with Crippen molar-refractivity contribution in [3.8, 4) is 0 Å². The van der Waals surface area contributed by atoms with Crippen molar-refractivity contribution >= 4 is 17.7 Å². The third-order valence-corrected chi connectivity index (χ3v) is 1.83. The molecule has 0 bridgehead atoms. The van der Waals surface area contributed by atoms with Gasteiger partial charge in [0.25, 0.3) is 0 Å². The maximum atomic E-state index is 13.5.